The van der Waals surface area contributed by atoms with Crippen LogP contribution in [0.15, 0.2) is 9.22 Å². The van der Waals surface area contributed by atoms with Crippen molar-refractivity contribution in [3.8, 4) is 0 Å². The Morgan fingerprint density at radius 1 is 1.30 bits per heavy atom. The number of hydrogen-bond acceptors (Lipinski definition) is 3. The molecule has 0 atom stereocenters. The molecule has 10 heavy (non-hydrogen) atoms. The molecular weight excluding hydrogens is 196 g/mol. The Hall–Kier alpha value is -0.380. The van der Waals surface area contributed by atoms with Gasteiger partial charge in [-0.15, -0.1) is 10.2 Å². The maximum atomic E-state index is 5.14. The van der Waals surface area contributed by atoms with Crippen molar-refractivity contribution in [3.63, 3.8) is 0 Å². The summed E-state index contributed by atoms with van der Waals surface area (Å²) in [4.78, 5) is 0.442. The minimum atomic E-state index is -0.0565. The molecule has 0 fully saturated rings. The highest BCUT2D eigenvalue weighted by Crippen LogP contribution is 2.21. The molecule has 0 radical (unpaired) electrons. The number of hydrogen-bond donors (Lipinski definition) is 0. The van der Waals surface area contributed by atoms with Crippen LogP contribution in [-0.4, -0.2) is 10.2 Å². The van der Waals surface area contributed by atoms with Crippen molar-refractivity contribution >= 4 is 15.9 Å². The summed E-state index contributed by atoms with van der Waals surface area (Å²) in [6, 6.07) is 0. The Kier molecular flexibility index (Phi) is 1.81. The van der Waals surface area contributed by atoms with E-state index in [-0.39, 0.29) is 5.41 Å². The Bertz CT molecular complexity index is 226. The summed E-state index contributed by atoms with van der Waals surface area (Å²) in [7, 11) is 0. The summed E-state index contributed by atoms with van der Waals surface area (Å²) in [5, 5.41) is 7.51. The third-order valence-corrected chi connectivity index (χ3v) is 1.36. The molecule has 4 heteroatoms. The highest BCUT2D eigenvalue weighted by Gasteiger charge is 2.20. The molecule has 0 aliphatic carbocycles. The molecule has 3 nitrogen and oxygen atoms in total. The van der Waals surface area contributed by atoms with Crippen molar-refractivity contribution in [2.45, 2.75) is 26.2 Å². The van der Waals surface area contributed by atoms with Crippen LogP contribution in [0.2, 0.25) is 0 Å². The van der Waals surface area contributed by atoms with Crippen LogP contribution in [0, 0.1) is 0 Å². The minimum Gasteiger partial charge on any atom is -0.415 e. The molecule has 0 bridgehead atoms. The van der Waals surface area contributed by atoms with Gasteiger partial charge in [-0.25, -0.2) is 0 Å². The fourth-order valence-electron chi connectivity index (χ4n) is 0.508. The number of nitrogens with zero attached hydrogens (tertiary/aromatic N) is 2. The van der Waals surface area contributed by atoms with Gasteiger partial charge >= 0.3 is 0 Å². The van der Waals surface area contributed by atoms with Crippen LogP contribution < -0.4 is 0 Å². The predicted molar refractivity (Wildman–Crippen MR) is 40.7 cm³/mol. The summed E-state index contributed by atoms with van der Waals surface area (Å²) in [6.07, 6.45) is 0. The third-order valence-electron chi connectivity index (χ3n) is 1.04. The zero-order valence-electron chi connectivity index (χ0n) is 6.18. The number of halogens is 1. The Morgan fingerprint density at radius 3 is 2.10 bits per heavy atom. The SMILES string of the molecule is CC(C)(C)c1nnc(Br)o1. The average molecular weight is 205 g/mol. The predicted octanol–water partition coefficient (Wildman–Crippen LogP) is 2.13. The standard InChI is InChI=1S/C6H9BrN2O/c1-6(2,3)4-8-9-5(7)10-4/h1-3H3. The first-order valence-electron chi connectivity index (χ1n) is 2.99. The van der Waals surface area contributed by atoms with E-state index in [9.17, 15) is 0 Å². The first-order valence-corrected chi connectivity index (χ1v) is 3.79. The molecular formula is C6H9BrN2O. The molecule has 56 valence electrons. The molecule has 0 spiro atoms. The molecule has 1 rings (SSSR count). The highest BCUT2D eigenvalue weighted by molar-refractivity contribution is 9.10. The summed E-state index contributed by atoms with van der Waals surface area (Å²) in [5.74, 6) is 0.652. The fourth-order valence-corrected chi connectivity index (χ4v) is 0.741. The Morgan fingerprint density at radius 2 is 1.90 bits per heavy atom. The van der Waals surface area contributed by atoms with Gasteiger partial charge in [-0.05, 0) is 0 Å². The zero-order chi connectivity index (χ0) is 7.78. The van der Waals surface area contributed by atoms with Gasteiger partial charge in [0.25, 0.3) is 4.80 Å². The van der Waals surface area contributed by atoms with Gasteiger partial charge in [0.2, 0.25) is 5.89 Å². The van der Waals surface area contributed by atoms with Crippen molar-refractivity contribution in [2.24, 2.45) is 0 Å². The lowest BCUT2D eigenvalue weighted by Crippen LogP contribution is -2.11. The van der Waals surface area contributed by atoms with E-state index in [1.165, 1.54) is 0 Å². The van der Waals surface area contributed by atoms with Crippen LogP contribution in [0.5, 0.6) is 0 Å². The van der Waals surface area contributed by atoms with Crippen molar-refractivity contribution in [2.75, 3.05) is 0 Å². The fraction of sp³-hybridized carbons (Fsp3) is 0.667. The third kappa shape index (κ3) is 1.56. The van der Waals surface area contributed by atoms with E-state index in [0.29, 0.717) is 10.7 Å². The quantitative estimate of drug-likeness (QED) is 0.651. The molecule has 1 aromatic heterocycles. The largest absolute Gasteiger partial charge is 0.415 e. The topological polar surface area (TPSA) is 38.9 Å². The molecule has 1 heterocycles. The van der Waals surface area contributed by atoms with E-state index >= 15 is 0 Å². The molecule has 0 unspecified atom stereocenters. The maximum absolute atomic E-state index is 5.14. The van der Waals surface area contributed by atoms with E-state index < -0.39 is 0 Å². The van der Waals surface area contributed by atoms with Crippen LogP contribution in [0.1, 0.15) is 26.7 Å². The zero-order valence-corrected chi connectivity index (χ0v) is 7.77. The summed E-state index contributed by atoms with van der Waals surface area (Å²) >= 11 is 3.08. The lowest BCUT2D eigenvalue weighted by atomic mass is 9.97. The van der Waals surface area contributed by atoms with E-state index in [4.69, 9.17) is 4.42 Å². The van der Waals surface area contributed by atoms with E-state index in [1.54, 1.807) is 0 Å². The molecule has 0 aromatic carbocycles. The number of aromatic nitrogens is 2. The van der Waals surface area contributed by atoms with Gasteiger partial charge in [-0.1, -0.05) is 20.8 Å². The van der Waals surface area contributed by atoms with E-state index in [2.05, 4.69) is 26.1 Å². The molecule has 0 saturated carbocycles. The van der Waals surface area contributed by atoms with Gasteiger partial charge in [0.15, 0.2) is 0 Å². The summed E-state index contributed by atoms with van der Waals surface area (Å²) < 4.78 is 5.14. The van der Waals surface area contributed by atoms with Crippen LogP contribution in [-0.2, 0) is 5.41 Å². The second-order valence-corrected chi connectivity index (χ2v) is 3.79. The van der Waals surface area contributed by atoms with Crippen LogP contribution in [0.25, 0.3) is 0 Å². The molecule has 0 aliphatic heterocycles. The lowest BCUT2D eigenvalue weighted by molar-refractivity contribution is 0.381. The van der Waals surface area contributed by atoms with Gasteiger partial charge in [-0.3, -0.25) is 0 Å². The lowest BCUT2D eigenvalue weighted by Gasteiger charge is -2.10. The van der Waals surface area contributed by atoms with Gasteiger partial charge in [0, 0.05) is 21.3 Å². The van der Waals surface area contributed by atoms with Gasteiger partial charge < -0.3 is 4.42 Å². The maximum Gasteiger partial charge on any atom is 0.284 e. The monoisotopic (exact) mass is 204 g/mol. The van der Waals surface area contributed by atoms with Crippen molar-refractivity contribution in [1.29, 1.82) is 0 Å². The van der Waals surface area contributed by atoms with Crippen molar-refractivity contribution < 1.29 is 4.42 Å². The van der Waals surface area contributed by atoms with E-state index in [0.717, 1.165) is 0 Å². The highest BCUT2D eigenvalue weighted by atomic mass is 79.9. The second kappa shape index (κ2) is 2.34. The smallest absolute Gasteiger partial charge is 0.284 e. The molecule has 0 aliphatic rings. The molecule has 0 amide bonds. The summed E-state index contributed by atoms with van der Waals surface area (Å²) in [5.41, 5.74) is -0.0565. The Labute approximate surface area is 68.0 Å². The molecule has 1 aromatic rings. The van der Waals surface area contributed by atoms with Crippen molar-refractivity contribution in [3.05, 3.63) is 10.7 Å². The average Bonchev–Trinajstić information content (AvgIpc) is 2.11. The van der Waals surface area contributed by atoms with Crippen LogP contribution in [0.4, 0.5) is 0 Å². The molecule has 0 saturated heterocycles. The first kappa shape index (κ1) is 7.72. The number of rotatable bonds is 0. The second-order valence-electron chi connectivity index (χ2n) is 3.11. The Balaban J connectivity index is 2.96. The van der Waals surface area contributed by atoms with Gasteiger partial charge in [-0.2, -0.15) is 0 Å². The van der Waals surface area contributed by atoms with Crippen LogP contribution in [0.3, 0.4) is 0 Å². The van der Waals surface area contributed by atoms with Crippen molar-refractivity contribution in [1.82, 2.24) is 10.2 Å². The van der Waals surface area contributed by atoms with Gasteiger partial charge in [0.1, 0.15) is 0 Å². The first-order chi connectivity index (χ1) is 4.50. The van der Waals surface area contributed by atoms with Crippen LogP contribution >= 0.6 is 15.9 Å². The summed E-state index contributed by atoms with van der Waals surface area (Å²) in [6.45, 7) is 6.06. The normalized spacial score (nSPS) is 12.0. The van der Waals surface area contributed by atoms with E-state index in [1.807, 2.05) is 20.8 Å². The minimum absolute atomic E-state index is 0.0565. The van der Waals surface area contributed by atoms with Gasteiger partial charge in [0.05, 0.1) is 0 Å². The molecule has 0 N–H and O–H groups in total.